The van der Waals surface area contributed by atoms with Gasteiger partial charge in [0.25, 0.3) is 0 Å². The first kappa shape index (κ1) is 13.1. The molecule has 0 aromatic carbocycles. The van der Waals surface area contributed by atoms with Crippen LogP contribution in [-0.2, 0) is 6.54 Å². The lowest BCUT2D eigenvalue weighted by atomic mass is 10.0. The zero-order valence-corrected chi connectivity index (χ0v) is 11.7. The highest BCUT2D eigenvalue weighted by Gasteiger charge is 2.20. The number of aromatic nitrogens is 4. The maximum atomic E-state index is 5.53. The van der Waals surface area contributed by atoms with Gasteiger partial charge in [0.1, 0.15) is 5.82 Å². The maximum absolute atomic E-state index is 5.53. The number of nitrogen functional groups attached to an aromatic ring is 1. The van der Waals surface area contributed by atoms with Gasteiger partial charge in [0.15, 0.2) is 5.82 Å². The SMILES string of the molecule is CCn1cc(-c2nc(NN)cc(C3CCCC3)n2)cn1. The Balaban J connectivity index is 1.98. The van der Waals surface area contributed by atoms with Crippen LogP contribution >= 0.6 is 0 Å². The topological polar surface area (TPSA) is 81.7 Å². The Labute approximate surface area is 118 Å². The summed E-state index contributed by atoms with van der Waals surface area (Å²) in [6.07, 6.45) is 8.74. The van der Waals surface area contributed by atoms with Crippen LogP contribution in [0.25, 0.3) is 11.4 Å². The summed E-state index contributed by atoms with van der Waals surface area (Å²) in [4.78, 5) is 9.16. The normalized spacial score (nSPS) is 15.7. The average molecular weight is 272 g/mol. The fourth-order valence-corrected chi connectivity index (χ4v) is 2.75. The summed E-state index contributed by atoms with van der Waals surface area (Å²) < 4.78 is 1.87. The number of anilines is 1. The van der Waals surface area contributed by atoms with Gasteiger partial charge in [0.05, 0.1) is 11.8 Å². The Morgan fingerprint density at radius 2 is 2.15 bits per heavy atom. The summed E-state index contributed by atoms with van der Waals surface area (Å²) in [5.74, 6) is 7.43. The fraction of sp³-hybridized carbons (Fsp3) is 0.500. The van der Waals surface area contributed by atoms with Crippen molar-refractivity contribution >= 4 is 5.82 Å². The molecule has 6 nitrogen and oxygen atoms in total. The molecule has 1 fully saturated rings. The lowest BCUT2D eigenvalue weighted by Gasteiger charge is -2.11. The molecular weight excluding hydrogens is 252 g/mol. The van der Waals surface area contributed by atoms with Crippen molar-refractivity contribution in [3.05, 3.63) is 24.2 Å². The predicted molar refractivity (Wildman–Crippen MR) is 77.9 cm³/mol. The molecule has 0 aliphatic heterocycles. The average Bonchev–Trinajstić information content (AvgIpc) is 3.17. The van der Waals surface area contributed by atoms with Crippen LogP contribution in [0.5, 0.6) is 0 Å². The molecule has 1 aliphatic rings. The van der Waals surface area contributed by atoms with Gasteiger partial charge in [-0.05, 0) is 19.8 Å². The van der Waals surface area contributed by atoms with Crippen molar-refractivity contribution in [1.29, 1.82) is 0 Å². The van der Waals surface area contributed by atoms with E-state index in [1.54, 1.807) is 6.20 Å². The predicted octanol–water partition coefficient (Wildman–Crippen LogP) is 2.30. The Kier molecular flexibility index (Phi) is 3.64. The molecule has 2 heterocycles. The number of hydrazine groups is 1. The molecule has 0 radical (unpaired) electrons. The highest BCUT2D eigenvalue weighted by atomic mass is 15.3. The van der Waals surface area contributed by atoms with E-state index in [9.17, 15) is 0 Å². The third kappa shape index (κ3) is 2.51. The number of hydrogen-bond acceptors (Lipinski definition) is 5. The summed E-state index contributed by atoms with van der Waals surface area (Å²) in [7, 11) is 0. The van der Waals surface area contributed by atoms with Crippen molar-refractivity contribution in [1.82, 2.24) is 19.7 Å². The monoisotopic (exact) mass is 272 g/mol. The lowest BCUT2D eigenvalue weighted by Crippen LogP contribution is -2.11. The standard InChI is InChI=1S/C14H20N6/c1-2-20-9-11(8-16-20)14-17-12(7-13(18-14)19-15)10-5-3-4-6-10/h7-10H,2-6,15H2,1H3,(H,17,18,19). The molecule has 2 aromatic rings. The van der Waals surface area contributed by atoms with Crippen molar-refractivity contribution in [3.63, 3.8) is 0 Å². The minimum Gasteiger partial charge on any atom is -0.308 e. The number of nitrogens with one attached hydrogen (secondary N) is 1. The van der Waals surface area contributed by atoms with E-state index in [0.717, 1.165) is 17.8 Å². The Morgan fingerprint density at radius 1 is 1.35 bits per heavy atom. The van der Waals surface area contributed by atoms with Crippen LogP contribution in [0.15, 0.2) is 18.5 Å². The Morgan fingerprint density at radius 3 is 2.80 bits per heavy atom. The van der Waals surface area contributed by atoms with Crippen LogP contribution in [0.3, 0.4) is 0 Å². The van der Waals surface area contributed by atoms with Gasteiger partial charge in [-0.3, -0.25) is 4.68 Å². The second kappa shape index (κ2) is 5.58. The third-order valence-electron chi connectivity index (χ3n) is 3.88. The van der Waals surface area contributed by atoms with E-state index in [1.165, 1.54) is 25.7 Å². The smallest absolute Gasteiger partial charge is 0.165 e. The highest BCUT2D eigenvalue weighted by molar-refractivity contribution is 5.55. The van der Waals surface area contributed by atoms with Gasteiger partial charge < -0.3 is 5.43 Å². The van der Waals surface area contributed by atoms with Gasteiger partial charge in [0.2, 0.25) is 0 Å². The quantitative estimate of drug-likeness (QED) is 0.659. The molecule has 20 heavy (non-hydrogen) atoms. The summed E-state index contributed by atoms with van der Waals surface area (Å²) in [6.45, 7) is 2.89. The van der Waals surface area contributed by atoms with Gasteiger partial charge in [-0.1, -0.05) is 12.8 Å². The van der Waals surface area contributed by atoms with E-state index in [-0.39, 0.29) is 0 Å². The summed E-state index contributed by atoms with van der Waals surface area (Å²) in [5, 5.41) is 4.28. The van der Waals surface area contributed by atoms with Gasteiger partial charge >= 0.3 is 0 Å². The molecule has 3 N–H and O–H groups in total. The van der Waals surface area contributed by atoms with E-state index in [2.05, 4.69) is 22.4 Å². The molecule has 6 heteroatoms. The summed E-state index contributed by atoms with van der Waals surface area (Å²) >= 11 is 0. The fourth-order valence-electron chi connectivity index (χ4n) is 2.75. The van der Waals surface area contributed by atoms with Crippen LogP contribution in [0.4, 0.5) is 5.82 Å². The van der Waals surface area contributed by atoms with E-state index >= 15 is 0 Å². The first-order chi connectivity index (χ1) is 9.80. The molecule has 0 unspecified atom stereocenters. The number of nitrogens with zero attached hydrogens (tertiary/aromatic N) is 4. The minimum absolute atomic E-state index is 0.532. The molecule has 106 valence electrons. The van der Waals surface area contributed by atoms with Crippen molar-refractivity contribution < 1.29 is 0 Å². The second-order valence-corrected chi connectivity index (χ2v) is 5.21. The number of aryl methyl sites for hydroxylation is 1. The van der Waals surface area contributed by atoms with Gasteiger partial charge in [-0.2, -0.15) is 5.10 Å². The van der Waals surface area contributed by atoms with E-state index < -0.39 is 0 Å². The Hall–Kier alpha value is -1.95. The first-order valence-corrected chi connectivity index (χ1v) is 7.18. The minimum atomic E-state index is 0.532. The van der Waals surface area contributed by atoms with Crippen LogP contribution in [0.2, 0.25) is 0 Å². The van der Waals surface area contributed by atoms with Gasteiger partial charge in [0, 0.05) is 30.4 Å². The number of rotatable bonds is 4. The first-order valence-electron chi connectivity index (χ1n) is 7.18. The molecule has 1 aliphatic carbocycles. The highest BCUT2D eigenvalue weighted by Crippen LogP contribution is 2.34. The van der Waals surface area contributed by atoms with E-state index in [4.69, 9.17) is 10.8 Å². The molecule has 1 saturated carbocycles. The van der Waals surface area contributed by atoms with Crippen molar-refractivity contribution in [2.45, 2.75) is 45.1 Å². The summed E-state index contributed by atoms with van der Waals surface area (Å²) in [6, 6.07) is 1.96. The van der Waals surface area contributed by atoms with Crippen molar-refractivity contribution in [2.75, 3.05) is 5.43 Å². The van der Waals surface area contributed by atoms with Crippen LogP contribution in [0.1, 0.15) is 44.2 Å². The molecule has 0 saturated heterocycles. The molecule has 2 aromatic heterocycles. The second-order valence-electron chi connectivity index (χ2n) is 5.21. The van der Waals surface area contributed by atoms with Gasteiger partial charge in [-0.25, -0.2) is 15.8 Å². The third-order valence-corrected chi connectivity index (χ3v) is 3.88. The van der Waals surface area contributed by atoms with E-state index in [1.807, 2.05) is 16.9 Å². The van der Waals surface area contributed by atoms with Crippen molar-refractivity contribution in [3.8, 4) is 11.4 Å². The molecule has 0 spiro atoms. The molecular formula is C14H20N6. The largest absolute Gasteiger partial charge is 0.308 e. The van der Waals surface area contributed by atoms with Gasteiger partial charge in [-0.15, -0.1) is 0 Å². The van der Waals surface area contributed by atoms with Crippen LogP contribution in [0, 0.1) is 0 Å². The number of nitrogens with two attached hydrogens (primary N) is 1. The van der Waals surface area contributed by atoms with Crippen LogP contribution in [-0.4, -0.2) is 19.7 Å². The number of hydrogen-bond donors (Lipinski definition) is 2. The zero-order valence-electron chi connectivity index (χ0n) is 11.7. The van der Waals surface area contributed by atoms with E-state index in [0.29, 0.717) is 17.6 Å². The van der Waals surface area contributed by atoms with Crippen molar-refractivity contribution in [2.24, 2.45) is 5.84 Å². The van der Waals surface area contributed by atoms with Crippen LogP contribution < -0.4 is 11.3 Å². The summed E-state index contributed by atoms with van der Waals surface area (Å²) in [5.41, 5.74) is 4.66. The maximum Gasteiger partial charge on any atom is 0.165 e. The molecule has 0 amide bonds. The zero-order chi connectivity index (χ0) is 13.9. The molecule has 3 rings (SSSR count). The molecule has 0 atom stereocenters. The Bertz CT molecular complexity index is 585. The lowest BCUT2D eigenvalue weighted by molar-refractivity contribution is 0.660. The molecule has 0 bridgehead atoms.